The molecule has 0 radical (unpaired) electrons. The number of furan rings is 1. The number of anilines is 3. The summed E-state index contributed by atoms with van der Waals surface area (Å²) in [6.45, 7) is 9.46. The number of nitrogens with zero attached hydrogens (tertiary/aromatic N) is 1. The Bertz CT molecular complexity index is 3050. The van der Waals surface area contributed by atoms with Crippen molar-refractivity contribution in [2.24, 2.45) is 0 Å². The predicted molar refractivity (Wildman–Crippen MR) is 234 cm³/mol. The zero-order valence-corrected chi connectivity index (χ0v) is 32.1. The lowest BCUT2D eigenvalue weighted by Crippen LogP contribution is -2.17. The molecule has 0 N–H and O–H groups in total. The van der Waals surface area contributed by atoms with Crippen molar-refractivity contribution in [1.29, 1.82) is 0 Å². The summed E-state index contributed by atoms with van der Waals surface area (Å²) in [7, 11) is 0. The lowest BCUT2D eigenvalue weighted by atomic mass is 9.78. The molecule has 1 heterocycles. The van der Waals surface area contributed by atoms with E-state index in [0.29, 0.717) is 0 Å². The van der Waals surface area contributed by atoms with Crippen LogP contribution in [0.4, 0.5) is 17.1 Å². The molecule has 2 nitrogen and oxygen atoms in total. The summed E-state index contributed by atoms with van der Waals surface area (Å²) < 4.78 is 6.83. The normalized spacial score (nSPS) is 14.4. The third kappa shape index (κ3) is 4.56. The van der Waals surface area contributed by atoms with Crippen molar-refractivity contribution in [2.45, 2.75) is 38.5 Å². The fourth-order valence-electron chi connectivity index (χ4n) is 10.1. The Hall–Kier alpha value is -6.64. The van der Waals surface area contributed by atoms with E-state index in [-0.39, 0.29) is 10.8 Å². The summed E-state index contributed by atoms with van der Waals surface area (Å²) >= 11 is 0. The van der Waals surface area contributed by atoms with E-state index in [1.807, 2.05) is 0 Å². The summed E-state index contributed by atoms with van der Waals surface area (Å²) in [5.74, 6) is 0. The summed E-state index contributed by atoms with van der Waals surface area (Å²) in [4.78, 5) is 2.46. The maximum absolute atomic E-state index is 6.83. The molecule has 0 fully saturated rings. The highest BCUT2D eigenvalue weighted by Crippen LogP contribution is 2.55. The number of benzene rings is 8. The number of rotatable bonds is 5. The van der Waals surface area contributed by atoms with E-state index in [9.17, 15) is 0 Å². The Kier molecular flexibility index (Phi) is 6.98. The molecule has 268 valence electrons. The molecular weight excluding hydrogens is 679 g/mol. The van der Waals surface area contributed by atoms with Crippen LogP contribution in [0, 0.1) is 0 Å². The Labute approximate surface area is 328 Å². The standard InChI is InChI=1S/C54H41NO/c1-53(2)44-25-10-5-18-36(44)38-32-31-34(33-46(38)53)35-17-7-12-27-47(35)55(49-29-16-24-43-40-21-9-14-30-50(40)56-52(43)49)48-28-13-8-20-39(48)42-23-15-22-41-37-19-6-11-26-45(37)54(3,4)51(41)42/h5-33H,1-4H3. The molecule has 0 spiro atoms. The smallest absolute Gasteiger partial charge is 0.159 e. The van der Waals surface area contributed by atoms with Gasteiger partial charge in [-0.2, -0.15) is 0 Å². The Balaban J connectivity index is 1.18. The molecule has 0 aliphatic heterocycles. The van der Waals surface area contributed by atoms with Gasteiger partial charge in [0.2, 0.25) is 0 Å². The molecule has 0 atom stereocenters. The summed E-state index contributed by atoms with van der Waals surface area (Å²) in [6.07, 6.45) is 0. The zero-order chi connectivity index (χ0) is 37.8. The van der Waals surface area contributed by atoms with Gasteiger partial charge in [-0.3, -0.25) is 0 Å². The Morgan fingerprint density at radius 2 is 0.875 bits per heavy atom. The van der Waals surface area contributed by atoms with Gasteiger partial charge in [0.25, 0.3) is 0 Å². The van der Waals surface area contributed by atoms with Crippen molar-refractivity contribution in [2.75, 3.05) is 4.90 Å². The molecule has 2 aliphatic rings. The van der Waals surface area contributed by atoms with E-state index in [1.165, 1.54) is 61.2 Å². The maximum atomic E-state index is 6.83. The maximum Gasteiger partial charge on any atom is 0.159 e. The van der Waals surface area contributed by atoms with Crippen molar-refractivity contribution in [1.82, 2.24) is 0 Å². The molecule has 0 bridgehead atoms. The van der Waals surface area contributed by atoms with Gasteiger partial charge in [-0.1, -0.05) is 173 Å². The average molecular weight is 720 g/mol. The minimum Gasteiger partial charge on any atom is -0.454 e. The number of para-hydroxylation sites is 4. The minimum absolute atomic E-state index is 0.110. The van der Waals surface area contributed by atoms with Crippen LogP contribution in [0.5, 0.6) is 0 Å². The van der Waals surface area contributed by atoms with Gasteiger partial charge in [0.15, 0.2) is 5.58 Å². The van der Waals surface area contributed by atoms with Crippen LogP contribution in [0.2, 0.25) is 0 Å². The van der Waals surface area contributed by atoms with Crippen LogP contribution < -0.4 is 4.90 Å². The van der Waals surface area contributed by atoms with Crippen molar-refractivity contribution in [3.8, 4) is 44.5 Å². The Morgan fingerprint density at radius 1 is 0.375 bits per heavy atom. The Morgan fingerprint density at radius 3 is 1.64 bits per heavy atom. The van der Waals surface area contributed by atoms with E-state index in [2.05, 4.69) is 209 Å². The van der Waals surface area contributed by atoms with Crippen LogP contribution in [0.3, 0.4) is 0 Å². The fourth-order valence-corrected chi connectivity index (χ4v) is 10.1. The molecule has 0 saturated heterocycles. The van der Waals surface area contributed by atoms with Crippen molar-refractivity contribution in [3.63, 3.8) is 0 Å². The summed E-state index contributed by atoms with van der Waals surface area (Å²) in [5, 5.41) is 2.22. The van der Waals surface area contributed by atoms with Gasteiger partial charge in [-0.15, -0.1) is 0 Å². The van der Waals surface area contributed by atoms with Crippen molar-refractivity contribution in [3.05, 3.63) is 198 Å². The first-order valence-corrected chi connectivity index (χ1v) is 19.7. The molecule has 56 heavy (non-hydrogen) atoms. The van der Waals surface area contributed by atoms with E-state index in [1.54, 1.807) is 0 Å². The minimum atomic E-state index is -0.175. The number of hydrogen-bond acceptors (Lipinski definition) is 2. The molecule has 0 amide bonds. The molecule has 8 aromatic carbocycles. The topological polar surface area (TPSA) is 16.4 Å². The highest BCUT2D eigenvalue weighted by molar-refractivity contribution is 6.11. The highest BCUT2D eigenvalue weighted by atomic mass is 16.3. The second kappa shape index (κ2) is 11.9. The van der Waals surface area contributed by atoms with Crippen LogP contribution in [-0.4, -0.2) is 0 Å². The van der Waals surface area contributed by atoms with Crippen LogP contribution in [0.1, 0.15) is 49.9 Å². The van der Waals surface area contributed by atoms with Crippen LogP contribution in [0.15, 0.2) is 180 Å². The third-order valence-corrected chi connectivity index (χ3v) is 12.7. The predicted octanol–water partition coefficient (Wildman–Crippen LogP) is 15.0. The molecule has 9 aromatic rings. The van der Waals surface area contributed by atoms with E-state index in [4.69, 9.17) is 4.42 Å². The second-order valence-corrected chi connectivity index (χ2v) is 16.5. The molecule has 11 rings (SSSR count). The molecule has 2 heteroatoms. The van der Waals surface area contributed by atoms with Gasteiger partial charge < -0.3 is 9.32 Å². The SMILES string of the molecule is CC1(C)c2ccccc2-c2ccc(-c3ccccc3N(c3ccccc3-c3cccc4c3C(C)(C)c3ccccc3-4)c3cccc4c3oc3ccccc34)cc21. The first-order valence-electron chi connectivity index (χ1n) is 19.7. The summed E-state index contributed by atoms with van der Waals surface area (Å²) in [6, 6.07) is 64.5. The summed E-state index contributed by atoms with van der Waals surface area (Å²) in [5.41, 5.74) is 20.2. The lowest BCUT2D eigenvalue weighted by Gasteiger charge is -2.31. The van der Waals surface area contributed by atoms with Gasteiger partial charge in [0.1, 0.15) is 5.58 Å². The highest BCUT2D eigenvalue weighted by Gasteiger charge is 2.39. The average Bonchev–Trinajstić information content (AvgIpc) is 3.82. The number of hydrogen-bond donors (Lipinski definition) is 0. The molecule has 2 aliphatic carbocycles. The number of fused-ring (bicyclic) bond motifs is 9. The van der Waals surface area contributed by atoms with Crippen LogP contribution in [0.25, 0.3) is 66.4 Å². The van der Waals surface area contributed by atoms with Crippen molar-refractivity contribution >= 4 is 39.0 Å². The van der Waals surface area contributed by atoms with E-state index in [0.717, 1.165) is 44.6 Å². The second-order valence-electron chi connectivity index (χ2n) is 16.5. The first kappa shape index (κ1) is 32.8. The zero-order valence-electron chi connectivity index (χ0n) is 32.1. The monoisotopic (exact) mass is 719 g/mol. The quantitative estimate of drug-likeness (QED) is 0.176. The van der Waals surface area contributed by atoms with Gasteiger partial charge in [0, 0.05) is 32.7 Å². The van der Waals surface area contributed by atoms with Crippen molar-refractivity contribution < 1.29 is 4.42 Å². The van der Waals surface area contributed by atoms with Gasteiger partial charge in [-0.05, 0) is 86.0 Å². The third-order valence-electron chi connectivity index (χ3n) is 12.7. The van der Waals surface area contributed by atoms with E-state index < -0.39 is 0 Å². The molecule has 0 saturated carbocycles. The van der Waals surface area contributed by atoms with Gasteiger partial charge in [-0.25, -0.2) is 0 Å². The lowest BCUT2D eigenvalue weighted by molar-refractivity contribution is 0.660. The fraction of sp³-hybridized carbons (Fsp3) is 0.111. The molecule has 1 aromatic heterocycles. The van der Waals surface area contributed by atoms with Crippen LogP contribution in [-0.2, 0) is 10.8 Å². The molecular formula is C54H41NO. The molecule has 0 unspecified atom stereocenters. The largest absolute Gasteiger partial charge is 0.454 e. The first-order chi connectivity index (χ1) is 27.3. The van der Waals surface area contributed by atoms with Gasteiger partial charge >= 0.3 is 0 Å². The van der Waals surface area contributed by atoms with Gasteiger partial charge in [0.05, 0.1) is 17.1 Å². The van der Waals surface area contributed by atoms with E-state index >= 15 is 0 Å². The van der Waals surface area contributed by atoms with Crippen LogP contribution >= 0.6 is 0 Å².